The van der Waals surface area contributed by atoms with Gasteiger partial charge in [-0.25, -0.2) is 9.97 Å². The van der Waals surface area contributed by atoms with Crippen molar-refractivity contribution in [2.45, 2.75) is 18.7 Å². The number of halogens is 3. The first-order chi connectivity index (χ1) is 7.74. The Bertz CT molecular complexity index is 382. The molecule has 8 heteroatoms. The molecule has 0 amide bonds. The first kappa shape index (κ1) is 13.7. The minimum atomic E-state index is -4.54. The van der Waals surface area contributed by atoms with Gasteiger partial charge in [0.15, 0.2) is 0 Å². The van der Waals surface area contributed by atoms with Gasteiger partial charge in [0, 0.05) is 12.7 Å². The lowest BCUT2D eigenvalue weighted by Crippen LogP contribution is -2.37. The highest BCUT2D eigenvalue weighted by Gasteiger charge is 2.32. The molecule has 0 aromatic carbocycles. The fourth-order valence-electron chi connectivity index (χ4n) is 0.927. The molecule has 5 nitrogen and oxygen atoms in total. The molecule has 96 valence electrons. The summed E-state index contributed by atoms with van der Waals surface area (Å²) in [6, 6.07) is 0.745. The Balaban J connectivity index is 2.74. The van der Waals surface area contributed by atoms with Crippen LogP contribution in [0.25, 0.3) is 0 Å². The molecule has 0 fully saturated rings. The van der Waals surface area contributed by atoms with E-state index in [0.717, 1.165) is 12.3 Å². The number of hydrogen-bond acceptors (Lipinski definition) is 5. The van der Waals surface area contributed by atoms with E-state index in [0.29, 0.717) is 0 Å². The summed E-state index contributed by atoms with van der Waals surface area (Å²) in [5, 5.41) is 20.6. The van der Waals surface area contributed by atoms with Crippen molar-refractivity contribution in [1.29, 1.82) is 0 Å². The lowest BCUT2D eigenvalue weighted by Gasteiger charge is -2.20. The van der Waals surface area contributed by atoms with Gasteiger partial charge >= 0.3 is 6.18 Å². The molecule has 1 atom stereocenters. The zero-order chi connectivity index (χ0) is 13.1. The first-order valence-corrected chi connectivity index (χ1v) is 4.72. The third kappa shape index (κ3) is 4.16. The average molecular weight is 251 g/mol. The summed E-state index contributed by atoms with van der Waals surface area (Å²) in [5.74, 6) is -0.256. The molecule has 0 saturated heterocycles. The molecule has 1 aromatic heterocycles. The van der Waals surface area contributed by atoms with E-state index in [4.69, 9.17) is 5.11 Å². The summed E-state index contributed by atoms with van der Waals surface area (Å²) in [4.78, 5) is 6.82. The van der Waals surface area contributed by atoms with Crippen LogP contribution in [0.1, 0.15) is 12.6 Å². The number of aliphatic hydroxyl groups excluding tert-OH is 1. The minimum absolute atomic E-state index is 0.162. The third-order valence-corrected chi connectivity index (χ3v) is 1.91. The van der Waals surface area contributed by atoms with Crippen LogP contribution < -0.4 is 5.32 Å². The van der Waals surface area contributed by atoms with E-state index < -0.39 is 24.1 Å². The van der Waals surface area contributed by atoms with Gasteiger partial charge in [0.05, 0.1) is 6.61 Å². The Kier molecular flexibility index (Phi) is 3.89. The molecule has 0 aliphatic carbocycles. The van der Waals surface area contributed by atoms with Crippen molar-refractivity contribution in [3.05, 3.63) is 18.0 Å². The van der Waals surface area contributed by atoms with Crippen molar-refractivity contribution in [2.24, 2.45) is 0 Å². The van der Waals surface area contributed by atoms with Crippen LogP contribution in [-0.4, -0.2) is 38.9 Å². The summed E-state index contributed by atoms with van der Waals surface area (Å²) < 4.78 is 36.9. The summed E-state index contributed by atoms with van der Waals surface area (Å²) in [5.41, 5.74) is -2.52. The van der Waals surface area contributed by atoms with Gasteiger partial charge < -0.3 is 15.5 Å². The van der Waals surface area contributed by atoms with Crippen LogP contribution in [0, 0.1) is 0 Å². The van der Waals surface area contributed by atoms with Crippen LogP contribution in [0.3, 0.4) is 0 Å². The van der Waals surface area contributed by atoms with Gasteiger partial charge in [0.1, 0.15) is 11.3 Å². The molecule has 1 heterocycles. The van der Waals surface area contributed by atoms with Gasteiger partial charge in [-0.2, -0.15) is 13.2 Å². The van der Waals surface area contributed by atoms with Crippen molar-refractivity contribution in [3.8, 4) is 0 Å². The molecule has 0 aliphatic rings. The zero-order valence-electron chi connectivity index (χ0n) is 8.99. The first-order valence-electron chi connectivity index (χ1n) is 4.72. The molecule has 0 bridgehead atoms. The zero-order valence-corrected chi connectivity index (χ0v) is 8.99. The van der Waals surface area contributed by atoms with Gasteiger partial charge in [-0.1, -0.05) is 0 Å². The second-order valence-electron chi connectivity index (χ2n) is 3.77. The summed E-state index contributed by atoms with van der Waals surface area (Å²) in [6.07, 6.45) is -3.58. The SMILES string of the molecule is CC(O)(CO)CNc1nccc(C(F)(F)F)n1. The number of nitrogens with one attached hydrogen (secondary N) is 1. The minimum Gasteiger partial charge on any atom is -0.393 e. The van der Waals surface area contributed by atoms with Crippen molar-refractivity contribution in [1.82, 2.24) is 9.97 Å². The van der Waals surface area contributed by atoms with Crippen molar-refractivity contribution >= 4 is 5.95 Å². The van der Waals surface area contributed by atoms with E-state index in [1.54, 1.807) is 0 Å². The number of hydrogen-bond donors (Lipinski definition) is 3. The van der Waals surface area contributed by atoms with Gasteiger partial charge in [-0.05, 0) is 13.0 Å². The van der Waals surface area contributed by atoms with Gasteiger partial charge in [0.25, 0.3) is 0 Å². The molecule has 0 saturated carbocycles. The van der Waals surface area contributed by atoms with Crippen LogP contribution in [0.15, 0.2) is 12.3 Å². The highest BCUT2D eigenvalue weighted by Crippen LogP contribution is 2.27. The normalized spacial score (nSPS) is 15.4. The maximum absolute atomic E-state index is 12.3. The summed E-state index contributed by atoms with van der Waals surface area (Å²) >= 11 is 0. The maximum Gasteiger partial charge on any atom is 0.433 e. The molecule has 1 unspecified atom stereocenters. The van der Waals surface area contributed by atoms with E-state index in [2.05, 4.69) is 15.3 Å². The molecular formula is C9H12F3N3O2. The van der Waals surface area contributed by atoms with Gasteiger partial charge in [-0.15, -0.1) is 0 Å². The van der Waals surface area contributed by atoms with E-state index in [1.165, 1.54) is 6.92 Å². The summed E-state index contributed by atoms with van der Waals surface area (Å²) in [6.45, 7) is 0.636. The number of alkyl halides is 3. The smallest absolute Gasteiger partial charge is 0.393 e. The predicted octanol–water partition coefficient (Wildman–Crippen LogP) is 0.651. The van der Waals surface area contributed by atoms with Crippen molar-refractivity contribution in [3.63, 3.8) is 0 Å². The molecule has 1 rings (SSSR count). The lowest BCUT2D eigenvalue weighted by molar-refractivity contribution is -0.141. The third-order valence-electron chi connectivity index (χ3n) is 1.91. The molecular weight excluding hydrogens is 239 g/mol. The maximum atomic E-state index is 12.3. The average Bonchev–Trinajstić information content (AvgIpc) is 2.26. The number of anilines is 1. The summed E-state index contributed by atoms with van der Waals surface area (Å²) in [7, 11) is 0. The largest absolute Gasteiger partial charge is 0.433 e. The number of rotatable bonds is 4. The van der Waals surface area contributed by atoms with Crippen LogP contribution in [-0.2, 0) is 6.18 Å². The van der Waals surface area contributed by atoms with Crippen LogP contribution in [0.5, 0.6) is 0 Å². The quantitative estimate of drug-likeness (QED) is 0.732. The Labute approximate surface area is 95.3 Å². The van der Waals surface area contributed by atoms with E-state index in [1.807, 2.05) is 0 Å². The Morgan fingerprint density at radius 2 is 2.06 bits per heavy atom. The van der Waals surface area contributed by atoms with E-state index in [-0.39, 0.29) is 12.5 Å². The second-order valence-corrected chi connectivity index (χ2v) is 3.77. The number of nitrogens with zero attached hydrogens (tertiary/aromatic N) is 2. The molecule has 0 aliphatic heterocycles. The van der Waals surface area contributed by atoms with Crippen molar-refractivity contribution in [2.75, 3.05) is 18.5 Å². The van der Waals surface area contributed by atoms with Crippen LogP contribution in [0.4, 0.5) is 19.1 Å². The number of aromatic nitrogens is 2. The number of aliphatic hydroxyl groups is 2. The van der Waals surface area contributed by atoms with Gasteiger partial charge in [-0.3, -0.25) is 0 Å². The molecule has 0 radical (unpaired) electrons. The van der Waals surface area contributed by atoms with Crippen LogP contribution >= 0.6 is 0 Å². The second kappa shape index (κ2) is 4.84. The fraction of sp³-hybridized carbons (Fsp3) is 0.556. The predicted molar refractivity (Wildman–Crippen MR) is 53.2 cm³/mol. The standard InChI is InChI=1S/C9H12F3N3O2/c1-8(17,5-16)4-14-7-13-3-2-6(15-7)9(10,11)12/h2-3,16-17H,4-5H2,1H3,(H,13,14,15). The molecule has 17 heavy (non-hydrogen) atoms. The fourth-order valence-corrected chi connectivity index (χ4v) is 0.927. The Hall–Kier alpha value is -1.41. The highest BCUT2D eigenvalue weighted by atomic mass is 19.4. The van der Waals surface area contributed by atoms with Gasteiger partial charge in [0.2, 0.25) is 5.95 Å². The molecule has 1 aromatic rings. The van der Waals surface area contributed by atoms with E-state index >= 15 is 0 Å². The lowest BCUT2D eigenvalue weighted by atomic mass is 10.1. The van der Waals surface area contributed by atoms with Crippen LogP contribution in [0.2, 0.25) is 0 Å². The van der Waals surface area contributed by atoms with Crippen molar-refractivity contribution < 1.29 is 23.4 Å². The Morgan fingerprint density at radius 1 is 1.41 bits per heavy atom. The monoisotopic (exact) mass is 251 g/mol. The Morgan fingerprint density at radius 3 is 2.59 bits per heavy atom. The topological polar surface area (TPSA) is 78.3 Å². The molecule has 0 spiro atoms. The molecule has 3 N–H and O–H groups in total. The van der Waals surface area contributed by atoms with E-state index in [9.17, 15) is 18.3 Å². The highest BCUT2D eigenvalue weighted by molar-refractivity contribution is 5.26.